The van der Waals surface area contributed by atoms with E-state index in [4.69, 9.17) is 0 Å². The SMILES string of the molecule is O=S(=O)(Cc1csc(C(F)(F)F)n1)c1cnccn1. The van der Waals surface area contributed by atoms with E-state index in [9.17, 15) is 21.6 Å². The van der Waals surface area contributed by atoms with E-state index in [-0.39, 0.29) is 10.7 Å². The second-order valence-electron chi connectivity index (χ2n) is 3.44. The summed E-state index contributed by atoms with van der Waals surface area (Å²) in [5.41, 5.74) is -0.164. The van der Waals surface area contributed by atoms with Crippen molar-refractivity contribution in [2.24, 2.45) is 0 Å². The first-order valence-electron chi connectivity index (χ1n) is 4.79. The van der Waals surface area contributed by atoms with Crippen LogP contribution in [0.25, 0.3) is 0 Å². The molecule has 5 nitrogen and oxygen atoms in total. The van der Waals surface area contributed by atoms with Crippen molar-refractivity contribution < 1.29 is 21.6 Å². The number of nitrogens with zero attached hydrogens (tertiary/aromatic N) is 3. The van der Waals surface area contributed by atoms with Gasteiger partial charge >= 0.3 is 6.18 Å². The monoisotopic (exact) mass is 309 g/mol. The summed E-state index contributed by atoms with van der Waals surface area (Å²) in [6.45, 7) is 0. The van der Waals surface area contributed by atoms with Gasteiger partial charge in [0.05, 0.1) is 17.6 Å². The van der Waals surface area contributed by atoms with Crippen molar-refractivity contribution in [1.29, 1.82) is 0 Å². The van der Waals surface area contributed by atoms with Crippen LogP contribution in [0.15, 0.2) is 29.0 Å². The minimum atomic E-state index is -4.57. The van der Waals surface area contributed by atoms with Crippen LogP contribution in [0.4, 0.5) is 13.2 Å². The summed E-state index contributed by atoms with van der Waals surface area (Å²) >= 11 is 0.356. The molecule has 0 aliphatic rings. The summed E-state index contributed by atoms with van der Waals surface area (Å²) in [6, 6.07) is 0. The van der Waals surface area contributed by atoms with Gasteiger partial charge in [-0.3, -0.25) is 4.98 Å². The molecule has 0 saturated heterocycles. The van der Waals surface area contributed by atoms with Gasteiger partial charge in [0.2, 0.25) is 9.84 Å². The predicted molar refractivity (Wildman–Crippen MR) is 60.0 cm³/mol. The highest BCUT2D eigenvalue weighted by molar-refractivity contribution is 7.90. The summed E-state index contributed by atoms with van der Waals surface area (Å²) < 4.78 is 60.7. The molecule has 0 spiro atoms. The number of thiazole rings is 1. The Hall–Kier alpha value is -1.55. The van der Waals surface area contributed by atoms with Crippen LogP contribution in [0.3, 0.4) is 0 Å². The molecule has 0 unspecified atom stereocenters. The highest BCUT2D eigenvalue weighted by Crippen LogP contribution is 2.32. The second kappa shape index (κ2) is 4.85. The van der Waals surface area contributed by atoms with E-state index in [0.29, 0.717) is 11.3 Å². The molecule has 19 heavy (non-hydrogen) atoms. The molecule has 0 aliphatic carbocycles. The zero-order valence-corrected chi connectivity index (χ0v) is 10.8. The van der Waals surface area contributed by atoms with Crippen molar-refractivity contribution in [3.8, 4) is 0 Å². The fraction of sp³-hybridized carbons (Fsp3) is 0.222. The third kappa shape index (κ3) is 3.26. The average Bonchev–Trinajstić information content (AvgIpc) is 2.78. The molecule has 0 saturated carbocycles. The van der Waals surface area contributed by atoms with Crippen LogP contribution in [0.5, 0.6) is 0 Å². The van der Waals surface area contributed by atoms with Crippen LogP contribution in [-0.4, -0.2) is 23.4 Å². The number of sulfone groups is 1. The first-order chi connectivity index (χ1) is 8.79. The largest absolute Gasteiger partial charge is 0.443 e. The van der Waals surface area contributed by atoms with Crippen molar-refractivity contribution in [2.75, 3.05) is 0 Å². The van der Waals surface area contributed by atoms with Gasteiger partial charge in [0.1, 0.15) is 0 Å². The molecule has 2 aromatic heterocycles. The Morgan fingerprint density at radius 1 is 1.26 bits per heavy atom. The fourth-order valence-corrected chi connectivity index (χ4v) is 3.14. The van der Waals surface area contributed by atoms with Crippen molar-refractivity contribution in [1.82, 2.24) is 15.0 Å². The van der Waals surface area contributed by atoms with Gasteiger partial charge in [0.25, 0.3) is 0 Å². The molecule has 0 atom stereocenters. The zero-order chi connectivity index (χ0) is 14.1. The highest BCUT2D eigenvalue weighted by Gasteiger charge is 2.35. The van der Waals surface area contributed by atoms with Gasteiger partial charge in [-0.1, -0.05) is 0 Å². The average molecular weight is 309 g/mol. The Kier molecular flexibility index (Phi) is 3.54. The lowest BCUT2D eigenvalue weighted by atomic mass is 10.6. The standard InChI is InChI=1S/C9H6F3N3O2S2/c10-9(11,12)8-15-6(4-18-8)5-19(16,17)7-3-13-1-2-14-7/h1-4H,5H2. The predicted octanol–water partition coefficient (Wildman–Crippen LogP) is 1.93. The molecule has 0 N–H and O–H groups in total. The lowest BCUT2D eigenvalue weighted by Crippen LogP contribution is -2.09. The molecule has 102 valence electrons. The third-order valence-corrected chi connectivity index (χ3v) is 4.45. The Labute approximate surface area is 110 Å². The van der Waals surface area contributed by atoms with Crippen LogP contribution in [0.2, 0.25) is 0 Å². The molecule has 0 amide bonds. The number of hydrogen-bond acceptors (Lipinski definition) is 6. The Balaban J connectivity index is 2.25. The van der Waals surface area contributed by atoms with Crippen molar-refractivity contribution in [3.63, 3.8) is 0 Å². The van der Waals surface area contributed by atoms with Gasteiger partial charge in [-0.05, 0) is 0 Å². The normalized spacial score (nSPS) is 12.6. The molecule has 0 radical (unpaired) electrons. The Morgan fingerprint density at radius 2 is 2.00 bits per heavy atom. The van der Waals surface area contributed by atoms with Crippen LogP contribution < -0.4 is 0 Å². The minimum Gasteiger partial charge on any atom is -0.260 e. The number of halogens is 3. The number of rotatable bonds is 3. The quantitative estimate of drug-likeness (QED) is 0.866. The van der Waals surface area contributed by atoms with Crippen molar-refractivity contribution >= 4 is 21.2 Å². The smallest absolute Gasteiger partial charge is 0.260 e. The third-order valence-electron chi connectivity index (χ3n) is 1.99. The lowest BCUT2D eigenvalue weighted by molar-refractivity contribution is -0.137. The number of hydrogen-bond donors (Lipinski definition) is 0. The van der Waals surface area contributed by atoms with Crippen molar-refractivity contribution in [2.45, 2.75) is 17.0 Å². The van der Waals surface area contributed by atoms with E-state index in [1.165, 1.54) is 12.4 Å². The van der Waals surface area contributed by atoms with Crippen LogP contribution in [-0.2, 0) is 21.8 Å². The molecule has 10 heteroatoms. The first-order valence-corrected chi connectivity index (χ1v) is 7.32. The molecule has 2 aromatic rings. The molecule has 0 aromatic carbocycles. The van der Waals surface area contributed by atoms with E-state index in [2.05, 4.69) is 15.0 Å². The van der Waals surface area contributed by atoms with Gasteiger partial charge in [-0.25, -0.2) is 18.4 Å². The summed E-state index contributed by atoms with van der Waals surface area (Å²) in [4.78, 5) is 10.5. The maximum Gasteiger partial charge on any atom is 0.443 e. The van der Waals surface area contributed by atoms with E-state index in [1.54, 1.807) is 0 Å². The molecule has 0 bridgehead atoms. The van der Waals surface area contributed by atoms with E-state index in [0.717, 1.165) is 11.6 Å². The Morgan fingerprint density at radius 3 is 2.53 bits per heavy atom. The molecule has 2 heterocycles. The minimum absolute atomic E-state index is 0.164. The maximum atomic E-state index is 12.3. The highest BCUT2D eigenvalue weighted by atomic mass is 32.2. The van der Waals surface area contributed by atoms with E-state index < -0.39 is 26.8 Å². The summed E-state index contributed by atoms with van der Waals surface area (Å²) in [5.74, 6) is -0.641. The fourth-order valence-electron chi connectivity index (χ4n) is 1.22. The molecule has 2 rings (SSSR count). The van der Waals surface area contributed by atoms with Gasteiger partial charge in [0.15, 0.2) is 10.0 Å². The maximum absolute atomic E-state index is 12.3. The molecule has 0 fully saturated rings. The summed E-state index contributed by atoms with van der Waals surface area (Å²) in [7, 11) is -3.84. The van der Waals surface area contributed by atoms with Crippen LogP contribution in [0.1, 0.15) is 10.7 Å². The molecule has 0 aliphatic heterocycles. The van der Waals surface area contributed by atoms with E-state index >= 15 is 0 Å². The van der Waals surface area contributed by atoms with Crippen molar-refractivity contribution in [3.05, 3.63) is 34.7 Å². The molecular weight excluding hydrogens is 303 g/mol. The van der Waals surface area contributed by atoms with Gasteiger partial charge in [0, 0.05) is 17.8 Å². The second-order valence-corrected chi connectivity index (χ2v) is 6.24. The Bertz CT molecular complexity index is 668. The van der Waals surface area contributed by atoms with Gasteiger partial charge in [-0.2, -0.15) is 13.2 Å². The number of aromatic nitrogens is 3. The topological polar surface area (TPSA) is 72.8 Å². The van der Waals surface area contributed by atoms with Crippen LogP contribution in [0, 0.1) is 0 Å². The van der Waals surface area contributed by atoms with E-state index in [1.807, 2.05) is 0 Å². The number of alkyl halides is 3. The summed E-state index contributed by atoms with van der Waals surface area (Å²) in [5, 5.41) is -0.301. The van der Waals surface area contributed by atoms with Gasteiger partial charge < -0.3 is 0 Å². The lowest BCUT2D eigenvalue weighted by Gasteiger charge is -2.01. The van der Waals surface area contributed by atoms with Crippen LogP contribution >= 0.6 is 11.3 Å². The summed E-state index contributed by atoms with van der Waals surface area (Å²) in [6.07, 6.45) is -1.05. The first kappa shape index (κ1) is 13.9. The van der Waals surface area contributed by atoms with Gasteiger partial charge in [-0.15, -0.1) is 11.3 Å². The zero-order valence-electron chi connectivity index (χ0n) is 9.13. The molecular formula is C9H6F3N3O2S2.